The smallest absolute Gasteiger partial charge is 0.321 e. The molecule has 4 heteroatoms. The molecule has 0 amide bonds. The summed E-state index contributed by atoms with van der Waals surface area (Å²) in [6, 6.07) is 1.10. The summed E-state index contributed by atoms with van der Waals surface area (Å²) in [5.74, 6) is 1.43. The van der Waals surface area contributed by atoms with E-state index >= 15 is 0 Å². The Morgan fingerprint density at radius 2 is 2.36 bits per heavy atom. The van der Waals surface area contributed by atoms with Gasteiger partial charge in [-0.2, -0.15) is 4.98 Å². The molecule has 1 heterocycles. The second kappa shape index (κ2) is 2.22. The number of rotatable bonds is 2. The zero-order valence-corrected chi connectivity index (χ0v) is 6.66. The third-order valence-corrected chi connectivity index (χ3v) is 1.95. The predicted octanol–water partition coefficient (Wildman–Crippen LogP) is 1.20. The Kier molecular flexibility index (Phi) is 1.34. The Morgan fingerprint density at radius 1 is 1.64 bits per heavy atom. The summed E-state index contributed by atoms with van der Waals surface area (Å²) < 4.78 is 4.89. The lowest BCUT2D eigenvalue weighted by atomic mass is 10.5. The lowest BCUT2D eigenvalue weighted by Crippen LogP contribution is -2.03. The van der Waals surface area contributed by atoms with Crippen molar-refractivity contribution in [3.63, 3.8) is 0 Å². The Morgan fingerprint density at radius 3 is 2.82 bits per heavy atom. The van der Waals surface area contributed by atoms with Crippen molar-refractivity contribution in [2.45, 2.75) is 26.3 Å². The second-order valence-corrected chi connectivity index (χ2v) is 3.11. The molecule has 1 aromatic rings. The van der Waals surface area contributed by atoms with Crippen LogP contribution in [0.5, 0.6) is 0 Å². The highest BCUT2D eigenvalue weighted by Gasteiger charge is 2.33. The molecule has 4 nitrogen and oxygen atoms in total. The van der Waals surface area contributed by atoms with E-state index in [4.69, 9.17) is 4.52 Å². The van der Waals surface area contributed by atoms with Crippen LogP contribution in [0.25, 0.3) is 0 Å². The topological polar surface area (TPSA) is 51.0 Å². The Balaban J connectivity index is 1.96. The monoisotopic (exact) mass is 153 g/mol. The first-order chi connectivity index (χ1) is 5.25. The molecule has 1 aliphatic carbocycles. The van der Waals surface area contributed by atoms with Gasteiger partial charge < -0.3 is 9.84 Å². The molecule has 60 valence electrons. The van der Waals surface area contributed by atoms with Gasteiger partial charge >= 0.3 is 6.01 Å². The molecule has 1 N–H and O–H groups in total. The van der Waals surface area contributed by atoms with Crippen LogP contribution >= 0.6 is 0 Å². The first-order valence-corrected chi connectivity index (χ1v) is 3.82. The van der Waals surface area contributed by atoms with Crippen LogP contribution in [0.1, 0.15) is 19.2 Å². The van der Waals surface area contributed by atoms with Gasteiger partial charge in [0.25, 0.3) is 0 Å². The molecule has 0 bridgehead atoms. The lowest BCUT2D eigenvalue weighted by Gasteiger charge is -1.94. The third kappa shape index (κ3) is 1.34. The van der Waals surface area contributed by atoms with Crippen LogP contribution in [0.4, 0.5) is 6.01 Å². The fourth-order valence-corrected chi connectivity index (χ4v) is 1.04. The number of nitrogens with one attached hydrogen (secondary N) is 1. The highest BCUT2D eigenvalue weighted by molar-refractivity contribution is 5.24. The van der Waals surface area contributed by atoms with Crippen molar-refractivity contribution in [1.29, 1.82) is 0 Å². The molecule has 0 radical (unpaired) electrons. The zero-order valence-electron chi connectivity index (χ0n) is 6.66. The van der Waals surface area contributed by atoms with E-state index in [1.54, 1.807) is 0 Å². The molecule has 0 aromatic carbocycles. The number of aryl methyl sites for hydroxylation is 1. The van der Waals surface area contributed by atoms with Gasteiger partial charge in [-0.15, -0.1) is 0 Å². The van der Waals surface area contributed by atoms with Crippen molar-refractivity contribution in [1.82, 2.24) is 10.1 Å². The van der Waals surface area contributed by atoms with Crippen LogP contribution in [-0.4, -0.2) is 16.2 Å². The number of nitrogens with zero attached hydrogens (tertiary/aromatic N) is 2. The van der Waals surface area contributed by atoms with Gasteiger partial charge in [0, 0.05) is 6.04 Å². The Hall–Kier alpha value is -1.06. The number of anilines is 1. The fourth-order valence-electron chi connectivity index (χ4n) is 1.04. The summed E-state index contributed by atoms with van der Waals surface area (Å²) in [6.07, 6.45) is 1.21. The van der Waals surface area contributed by atoms with Crippen molar-refractivity contribution < 1.29 is 4.52 Å². The van der Waals surface area contributed by atoms with Crippen LogP contribution in [0.3, 0.4) is 0 Å². The number of hydrogen-bond donors (Lipinski definition) is 1. The average molecular weight is 153 g/mol. The van der Waals surface area contributed by atoms with Crippen molar-refractivity contribution in [2.75, 3.05) is 5.32 Å². The van der Waals surface area contributed by atoms with Crippen LogP contribution in [0, 0.1) is 12.8 Å². The molecule has 2 rings (SSSR count). The van der Waals surface area contributed by atoms with E-state index in [1.165, 1.54) is 6.42 Å². The van der Waals surface area contributed by atoms with Crippen molar-refractivity contribution in [3.8, 4) is 0 Å². The minimum atomic E-state index is 0.551. The predicted molar refractivity (Wildman–Crippen MR) is 40.2 cm³/mol. The standard InChI is InChI=1S/C7H11N3O/c1-4-3-6(4)9-7-8-5(2)10-11-7/h4,6H,3H2,1-2H3,(H,8,9,10). The molecule has 1 aromatic heterocycles. The van der Waals surface area contributed by atoms with Gasteiger partial charge in [-0.3, -0.25) is 0 Å². The van der Waals surface area contributed by atoms with Gasteiger partial charge in [-0.25, -0.2) is 0 Å². The van der Waals surface area contributed by atoms with E-state index in [-0.39, 0.29) is 0 Å². The van der Waals surface area contributed by atoms with Crippen LogP contribution < -0.4 is 5.32 Å². The lowest BCUT2D eigenvalue weighted by molar-refractivity contribution is 0.425. The van der Waals surface area contributed by atoms with Crippen molar-refractivity contribution in [2.24, 2.45) is 5.92 Å². The van der Waals surface area contributed by atoms with E-state index < -0.39 is 0 Å². The maximum absolute atomic E-state index is 4.89. The minimum Gasteiger partial charge on any atom is -0.335 e. The SMILES string of the molecule is Cc1noc(NC2CC2C)n1. The molecule has 11 heavy (non-hydrogen) atoms. The molecule has 0 spiro atoms. The van der Waals surface area contributed by atoms with E-state index in [0.29, 0.717) is 17.9 Å². The van der Waals surface area contributed by atoms with Gasteiger partial charge in [0.1, 0.15) is 0 Å². The van der Waals surface area contributed by atoms with Crippen molar-refractivity contribution in [3.05, 3.63) is 5.82 Å². The Bertz CT molecular complexity index is 258. The molecular formula is C7H11N3O. The van der Waals surface area contributed by atoms with Gasteiger partial charge in [-0.05, 0) is 19.3 Å². The third-order valence-electron chi connectivity index (χ3n) is 1.95. The van der Waals surface area contributed by atoms with Crippen LogP contribution in [0.15, 0.2) is 4.52 Å². The maximum Gasteiger partial charge on any atom is 0.321 e. The van der Waals surface area contributed by atoms with Gasteiger partial charge in [-0.1, -0.05) is 12.1 Å². The molecule has 1 aliphatic rings. The van der Waals surface area contributed by atoms with Crippen LogP contribution in [0.2, 0.25) is 0 Å². The largest absolute Gasteiger partial charge is 0.335 e. The van der Waals surface area contributed by atoms with Gasteiger partial charge in [0.2, 0.25) is 0 Å². The van der Waals surface area contributed by atoms with Gasteiger partial charge in [0.05, 0.1) is 0 Å². The minimum absolute atomic E-state index is 0.551. The van der Waals surface area contributed by atoms with Gasteiger partial charge in [0.15, 0.2) is 5.82 Å². The summed E-state index contributed by atoms with van der Waals surface area (Å²) in [5, 5.41) is 6.82. The first kappa shape index (κ1) is 6.64. The second-order valence-electron chi connectivity index (χ2n) is 3.11. The average Bonchev–Trinajstić information content (AvgIpc) is 2.42. The zero-order chi connectivity index (χ0) is 7.84. The van der Waals surface area contributed by atoms with E-state index in [9.17, 15) is 0 Å². The van der Waals surface area contributed by atoms with E-state index in [0.717, 1.165) is 5.92 Å². The quantitative estimate of drug-likeness (QED) is 0.693. The molecule has 2 unspecified atom stereocenters. The summed E-state index contributed by atoms with van der Waals surface area (Å²) in [6.45, 7) is 4.01. The maximum atomic E-state index is 4.89. The molecule has 0 saturated heterocycles. The molecule has 1 fully saturated rings. The number of aromatic nitrogens is 2. The van der Waals surface area contributed by atoms with E-state index in [1.807, 2.05) is 6.92 Å². The van der Waals surface area contributed by atoms with E-state index in [2.05, 4.69) is 22.4 Å². The highest BCUT2D eigenvalue weighted by atomic mass is 16.5. The highest BCUT2D eigenvalue weighted by Crippen LogP contribution is 2.31. The normalized spacial score (nSPS) is 28.5. The summed E-state index contributed by atoms with van der Waals surface area (Å²) >= 11 is 0. The fraction of sp³-hybridized carbons (Fsp3) is 0.714. The van der Waals surface area contributed by atoms with Crippen molar-refractivity contribution >= 4 is 6.01 Å². The summed E-state index contributed by atoms with van der Waals surface area (Å²) in [4.78, 5) is 4.04. The summed E-state index contributed by atoms with van der Waals surface area (Å²) in [5.41, 5.74) is 0. The molecule has 1 saturated carbocycles. The molecule has 0 aliphatic heterocycles. The molecule has 2 atom stereocenters. The molecular weight excluding hydrogens is 142 g/mol. The summed E-state index contributed by atoms with van der Waals surface area (Å²) in [7, 11) is 0. The Labute approximate surface area is 65.0 Å². The first-order valence-electron chi connectivity index (χ1n) is 3.82. The van der Waals surface area contributed by atoms with Crippen LogP contribution in [-0.2, 0) is 0 Å². The number of hydrogen-bond acceptors (Lipinski definition) is 4.